The zero-order valence-corrected chi connectivity index (χ0v) is 9.85. The SMILES string of the molecule is CCCC1CCC(c2cccs2)CC1. The third kappa shape index (κ3) is 2.38. The lowest BCUT2D eigenvalue weighted by molar-refractivity contribution is 0.310. The van der Waals surface area contributed by atoms with Crippen molar-refractivity contribution in [2.75, 3.05) is 0 Å². The molecule has 14 heavy (non-hydrogen) atoms. The normalized spacial score (nSPS) is 27.8. The zero-order valence-electron chi connectivity index (χ0n) is 9.04. The van der Waals surface area contributed by atoms with Gasteiger partial charge in [-0.2, -0.15) is 0 Å². The Morgan fingerprint density at radius 1 is 1.29 bits per heavy atom. The molecular formula is C13H20S. The molecule has 1 aromatic heterocycles. The van der Waals surface area contributed by atoms with Crippen molar-refractivity contribution in [1.82, 2.24) is 0 Å². The molecule has 0 unspecified atom stereocenters. The first-order chi connectivity index (χ1) is 6.90. The van der Waals surface area contributed by atoms with Gasteiger partial charge in [-0.15, -0.1) is 11.3 Å². The van der Waals surface area contributed by atoms with Crippen molar-refractivity contribution < 1.29 is 0 Å². The summed E-state index contributed by atoms with van der Waals surface area (Å²) in [5.74, 6) is 1.93. The van der Waals surface area contributed by atoms with Crippen molar-refractivity contribution in [1.29, 1.82) is 0 Å². The highest BCUT2D eigenvalue weighted by atomic mass is 32.1. The average Bonchev–Trinajstić information content (AvgIpc) is 2.72. The van der Waals surface area contributed by atoms with Gasteiger partial charge in [-0.05, 0) is 49.0 Å². The fraction of sp³-hybridized carbons (Fsp3) is 0.692. The Morgan fingerprint density at radius 3 is 2.64 bits per heavy atom. The summed E-state index contributed by atoms with van der Waals surface area (Å²) in [6, 6.07) is 4.51. The van der Waals surface area contributed by atoms with Crippen molar-refractivity contribution in [2.24, 2.45) is 5.92 Å². The van der Waals surface area contributed by atoms with Gasteiger partial charge in [0, 0.05) is 4.88 Å². The van der Waals surface area contributed by atoms with Gasteiger partial charge in [0.25, 0.3) is 0 Å². The maximum atomic E-state index is 2.31. The first-order valence-corrected chi connectivity index (χ1v) is 6.81. The molecule has 0 spiro atoms. The minimum Gasteiger partial charge on any atom is -0.149 e. The Morgan fingerprint density at radius 2 is 2.07 bits per heavy atom. The second kappa shape index (κ2) is 4.97. The fourth-order valence-corrected chi connectivity index (χ4v) is 3.57. The lowest BCUT2D eigenvalue weighted by Crippen LogP contribution is -2.12. The van der Waals surface area contributed by atoms with E-state index in [1.807, 2.05) is 11.3 Å². The molecule has 1 fully saturated rings. The van der Waals surface area contributed by atoms with E-state index in [4.69, 9.17) is 0 Å². The fourth-order valence-electron chi connectivity index (χ4n) is 2.67. The molecule has 1 heteroatoms. The summed E-state index contributed by atoms with van der Waals surface area (Å²) in [5, 5.41) is 2.22. The molecule has 0 nitrogen and oxygen atoms in total. The van der Waals surface area contributed by atoms with Crippen LogP contribution < -0.4 is 0 Å². The van der Waals surface area contributed by atoms with Gasteiger partial charge >= 0.3 is 0 Å². The summed E-state index contributed by atoms with van der Waals surface area (Å²) in [6.07, 6.45) is 8.63. The minimum absolute atomic E-state index is 0.892. The second-order valence-corrected chi connectivity index (χ2v) is 5.50. The van der Waals surface area contributed by atoms with Crippen LogP contribution in [0.1, 0.15) is 56.2 Å². The first kappa shape index (κ1) is 10.2. The monoisotopic (exact) mass is 208 g/mol. The zero-order chi connectivity index (χ0) is 9.80. The quantitative estimate of drug-likeness (QED) is 0.668. The third-order valence-electron chi connectivity index (χ3n) is 3.49. The van der Waals surface area contributed by atoms with Gasteiger partial charge in [0.15, 0.2) is 0 Å². The van der Waals surface area contributed by atoms with E-state index in [1.54, 1.807) is 4.88 Å². The van der Waals surface area contributed by atoms with Crippen LogP contribution in [0.3, 0.4) is 0 Å². The number of hydrogen-bond donors (Lipinski definition) is 0. The Hall–Kier alpha value is -0.300. The van der Waals surface area contributed by atoms with Crippen LogP contribution in [0.15, 0.2) is 17.5 Å². The van der Waals surface area contributed by atoms with Gasteiger partial charge in [-0.25, -0.2) is 0 Å². The number of hydrogen-bond acceptors (Lipinski definition) is 1. The van der Waals surface area contributed by atoms with Gasteiger partial charge in [0.1, 0.15) is 0 Å². The van der Waals surface area contributed by atoms with Crippen LogP contribution in [0, 0.1) is 5.92 Å². The molecule has 1 aromatic rings. The standard InChI is InChI=1S/C13H20S/c1-2-4-11-6-8-12(9-7-11)13-5-3-10-14-13/h3,5,10-12H,2,4,6-9H2,1H3. The van der Waals surface area contributed by atoms with Crippen molar-refractivity contribution >= 4 is 11.3 Å². The van der Waals surface area contributed by atoms with Crippen LogP contribution in [-0.2, 0) is 0 Å². The van der Waals surface area contributed by atoms with E-state index in [0.717, 1.165) is 11.8 Å². The largest absolute Gasteiger partial charge is 0.149 e. The lowest BCUT2D eigenvalue weighted by Gasteiger charge is -2.27. The maximum Gasteiger partial charge on any atom is 0.00761 e. The van der Waals surface area contributed by atoms with Crippen LogP contribution in [0.4, 0.5) is 0 Å². The molecule has 78 valence electrons. The molecule has 0 atom stereocenters. The van der Waals surface area contributed by atoms with E-state index >= 15 is 0 Å². The number of rotatable bonds is 3. The van der Waals surface area contributed by atoms with E-state index in [-0.39, 0.29) is 0 Å². The van der Waals surface area contributed by atoms with Crippen molar-refractivity contribution in [3.8, 4) is 0 Å². The van der Waals surface area contributed by atoms with Crippen LogP contribution in [0.5, 0.6) is 0 Å². The predicted molar refractivity (Wildman–Crippen MR) is 63.9 cm³/mol. The summed E-state index contributed by atoms with van der Waals surface area (Å²) < 4.78 is 0. The predicted octanol–water partition coefficient (Wildman–Crippen LogP) is 4.82. The third-order valence-corrected chi connectivity index (χ3v) is 4.52. The molecule has 2 rings (SSSR count). The molecule has 0 saturated heterocycles. The molecule has 0 aromatic carbocycles. The minimum atomic E-state index is 0.892. The summed E-state index contributed by atoms with van der Waals surface area (Å²) >= 11 is 1.94. The lowest BCUT2D eigenvalue weighted by atomic mass is 9.79. The summed E-state index contributed by atoms with van der Waals surface area (Å²) in [4.78, 5) is 1.62. The van der Waals surface area contributed by atoms with Gasteiger partial charge in [-0.1, -0.05) is 25.8 Å². The Labute approximate surface area is 91.4 Å². The van der Waals surface area contributed by atoms with E-state index in [1.165, 1.54) is 38.5 Å². The molecule has 0 bridgehead atoms. The van der Waals surface area contributed by atoms with Gasteiger partial charge in [0.2, 0.25) is 0 Å². The Balaban J connectivity index is 1.84. The number of thiophene rings is 1. The van der Waals surface area contributed by atoms with Crippen molar-refractivity contribution in [3.05, 3.63) is 22.4 Å². The molecule has 0 aliphatic heterocycles. The van der Waals surface area contributed by atoms with Gasteiger partial charge < -0.3 is 0 Å². The highest BCUT2D eigenvalue weighted by molar-refractivity contribution is 7.10. The second-order valence-electron chi connectivity index (χ2n) is 4.52. The Kier molecular flexibility index (Phi) is 3.63. The Bertz CT molecular complexity index is 242. The molecule has 0 radical (unpaired) electrons. The molecule has 0 N–H and O–H groups in total. The van der Waals surface area contributed by atoms with Crippen LogP contribution in [0.25, 0.3) is 0 Å². The maximum absolute atomic E-state index is 2.31. The van der Waals surface area contributed by atoms with Gasteiger partial charge in [-0.3, -0.25) is 0 Å². The van der Waals surface area contributed by atoms with E-state index in [2.05, 4.69) is 24.4 Å². The highest BCUT2D eigenvalue weighted by Crippen LogP contribution is 2.38. The summed E-state index contributed by atoms with van der Waals surface area (Å²) in [6.45, 7) is 2.31. The first-order valence-electron chi connectivity index (χ1n) is 5.93. The topological polar surface area (TPSA) is 0 Å². The molecule has 0 amide bonds. The highest BCUT2D eigenvalue weighted by Gasteiger charge is 2.21. The van der Waals surface area contributed by atoms with Crippen LogP contribution >= 0.6 is 11.3 Å². The molecule has 1 aliphatic rings. The van der Waals surface area contributed by atoms with Crippen LogP contribution in [0.2, 0.25) is 0 Å². The molecule has 1 heterocycles. The van der Waals surface area contributed by atoms with Crippen LogP contribution in [-0.4, -0.2) is 0 Å². The molecule has 1 saturated carbocycles. The van der Waals surface area contributed by atoms with E-state index in [0.29, 0.717) is 0 Å². The smallest absolute Gasteiger partial charge is 0.00761 e. The van der Waals surface area contributed by atoms with Gasteiger partial charge in [0.05, 0.1) is 0 Å². The summed E-state index contributed by atoms with van der Waals surface area (Å²) in [7, 11) is 0. The van der Waals surface area contributed by atoms with E-state index < -0.39 is 0 Å². The average molecular weight is 208 g/mol. The molecular weight excluding hydrogens is 188 g/mol. The van der Waals surface area contributed by atoms with E-state index in [9.17, 15) is 0 Å². The van der Waals surface area contributed by atoms with Crippen molar-refractivity contribution in [3.63, 3.8) is 0 Å². The summed E-state index contributed by atoms with van der Waals surface area (Å²) in [5.41, 5.74) is 0. The molecule has 1 aliphatic carbocycles. The van der Waals surface area contributed by atoms with Crippen molar-refractivity contribution in [2.45, 2.75) is 51.4 Å².